The van der Waals surface area contributed by atoms with Crippen LogP contribution in [0.1, 0.15) is 55.3 Å². The van der Waals surface area contributed by atoms with E-state index in [-0.39, 0.29) is 24.5 Å². The maximum Gasteiger partial charge on any atom is 0.253 e. The van der Waals surface area contributed by atoms with Crippen LogP contribution in [0.25, 0.3) is 0 Å². The van der Waals surface area contributed by atoms with Gasteiger partial charge in [-0.25, -0.2) is 4.98 Å². The number of hydrogen-bond donors (Lipinski definition) is 2. The molecule has 1 saturated carbocycles. The summed E-state index contributed by atoms with van der Waals surface area (Å²) >= 11 is 0. The van der Waals surface area contributed by atoms with Crippen LogP contribution < -0.4 is 10.2 Å². The SMILES string of the molecule is O=C(NC1CCCCCC1CO)c1ccc(N2CCCC2)nc1. The lowest BCUT2D eigenvalue weighted by molar-refractivity contribution is 0.0899. The normalized spacial score (nSPS) is 25.2. The lowest BCUT2D eigenvalue weighted by Crippen LogP contribution is -2.41. The van der Waals surface area contributed by atoms with Crippen molar-refractivity contribution in [1.29, 1.82) is 0 Å². The molecule has 1 amide bonds. The summed E-state index contributed by atoms with van der Waals surface area (Å²) in [4.78, 5) is 19.2. The number of amides is 1. The number of aliphatic hydroxyl groups excluding tert-OH is 1. The third-order valence-corrected chi connectivity index (χ3v) is 5.15. The largest absolute Gasteiger partial charge is 0.396 e. The average Bonchev–Trinajstić information content (AvgIpc) is 3.03. The number of aliphatic hydroxyl groups is 1. The van der Waals surface area contributed by atoms with E-state index in [0.29, 0.717) is 5.56 Å². The van der Waals surface area contributed by atoms with Gasteiger partial charge in [-0.1, -0.05) is 19.3 Å². The number of hydrogen-bond acceptors (Lipinski definition) is 4. The minimum atomic E-state index is -0.0733. The van der Waals surface area contributed by atoms with E-state index in [9.17, 15) is 9.90 Å². The van der Waals surface area contributed by atoms with Crippen molar-refractivity contribution in [3.8, 4) is 0 Å². The first-order valence-electron chi connectivity index (χ1n) is 8.90. The van der Waals surface area contributed by atoms with Gasteiger partial charge in [-0.2, -0.15) is 0 Å². The highest BCUT2D eigenvalue weighted by molar-refractivity contribution is 5.94. The minimum Gasteiger partial charge on any atom is -0.396 e. The highest BCUT2D eigenvalue weighted by atomic mass is 16.3. The van der Waals surface area contributed by atoms with E-state index in [1.807, 2.05) is 12.1 Å². The molecule has 1 aromatic rings. The molecule has 2 aliphatic rings. The Morgan fingerprint density at radius 1 is 1.17 bits per heavy atom. The number of carbonyl (C=O) groups excluding carboxylic acids is 1. The Morgan fingerprint density at radius 2 is 1.96 bits per heavy atom. The highest BCUT2D eigenvalue weighted by Crippen LogP contribution is 2.24. The first-order chi connectivity index (χ1) is 11.3. The van der Waals surface area contributed by atoms with Crippen molar-refractivity contribution in [2.75, 3.05) is 24.6 Å². The Bertz CT molecular complexity index is 512. The summed E-state index contributed by atoms with van der Waals surface area (Å²) in [6.45, 7) is 2.26. The number of nitrogens with zero attached hydrogens (tertiary/aromatic N) is 2. The smallest absolute Gasteiger partial charge is 0.253 e. The molecule has 1 aromatic heterocycles. The predicted octanol–water partition coefficient (Wildman–Crippen LogP) is 2.35. The van der Waals surface area contributed by atoms with E-state index in [1.54, 1.807) is 6.20 Å². The van der Waals surface area contributed by atoms with Gasteiger partial charge in [0.1, 0.15) is 5.82 Å². The van der Waals surface area contributed by atoms with Crippen LogP contribution in [-0.4, -0.2) is 41.7 Å². The maximum absolute atomic E-state index is 12.5. The number of carbonyl (C=O) groups is 1. The van der Waals surface area contributed by atoms with Crippen LogP contribution in [0.2, 0.25) is 0 Å². The second-order valence-electron chi connectivity index (χ2n) is 6.76. The Labute approximate surface area is 138 Å². The minimum absolute atomic E-state index is 0.0733. The highest BCUT2D eigenvalue weighted by Gasteiger charge is 2.25. The molecule has 0 aromatic carbocycles. The Kier molecular flexibility index (Phi) is 5.49. The van der Waals surface area contributed by atoms with Gasteiger partial charge in [-0.05, 0) is 37.8 Å². The van der Waals surface area contributed by atoms with Crippen molar-refractivity contribution in [3.63, 3.8) is 0 Å². The monoisotopic (exact) mass is 317 g/mol. The third kappa shape index (κ3) is 4.02. The van der Waals surface area contributed by atoms with Crippen molar-refractivity contribution in [1.82, 2.24) is 10.3 Å². The van der Waals surface area contributed by atoms with E-state index in [1.165, 1.54) is 19.3 Å². The van der Waals surface area contributed by atoms with E-state index in [0.717, 1.165) is 44.6 Å². The van der Waals surface area contributed by atoms with E-state index < -0.39 is 0 Å². The van der Waals surface area contributed by atoms with E-state index >= 15 is 0 Å². The van der Waals surface area contributed by atoms with Crippen molar-refractivity contribution in [3.05, 3.63) is 23.9 Å². The molecular weight excluding hydrogens is 290 g/mol. The standard InChI is InChI=1S/C18H27N3O2/c22-13-15-6-2-1-3-7-16(15)20-18(23)14-8-9-17(19-12-14)21-10-4-5-11-21/h8-9,12,15-16,22H,1-7,10-11,13H2,(H,20,23). The van der Waals surface area contributed by atoms with Gasteiger partial charge in [0.25, 0.3) is 5.91 Å². The molecule has 0 spiro atoms. The summed E-state index contributed by atoms with van der Waals surface area (Å²) in [6, 6.07) is 3.88. The molecule has 23 heavy (non-hydrogen) atoms. The zero-order valence-electron chi connectivity index (χ0n) is 13.7. The predicted molar refractivity (Wildman–Crippen MR) is 90.6 cm³/mol. The summed E-state index contributed by atoms with van der Waals surface area (Å²) in [5.41, 5.74) is 0.605. The molecule has 126 valence electrons. The molecule has 5 heteroatoms. The summed E-state index contributed by atoms with van der Waals surface area (Å²) in [5.74, 6) is 1.07. The summed E-state index contributed by atoms with van der Waals surface area (Å²) in [6.07, 6.45) is 9.51. The molecule has 1 saturated heterocycles. The van der Waals surface area contributed by atoms with E-state index in [2.05, 4.69) is 15.2 Å². The van der Waals surface area contributed by atoms with Gasteiger partial charge in [0.2, 0.25) is 0 Å². The van der Waals surface area contributed by atoms with Crippen LogP contribution in [-0.2, 0) is 0 Å². The van der Waals surface area contributed by atoms with Gasteiger partial charge < -0.3 is 15.3 Å². The second-order valence-corrected chi connectivity index (χ2v) is 6.76. The van der Waals surface area contributed by atoms with Gasteiger partial charge in [0.15, 0.2) is 0 Å². The average molecular weight is 317 g/mol. The third-order valence-electron chi connectivity index (χ3n) is 5.15. The van der Waals surface area contributed by atoms with E-state index in [4.69, 9.17) is 0 Å². The number of aromatic nitrogens is 1. The van der Waals surface area contributed by atoms with Crippen molar-refractivity contribution < 1.29 is 9.90 Å². The van der Waals surface area contributed by atoms with Crippen LogP contribution >= 0.6 is 0 Å². The molecule has 1 aliphatic heterocycles. The van der Waals surface area contributed by atoms with Gasteiger partial charge in [0.05, 0.1) is 5.56 Å². The summed E-state index contributed by atoms with van der Waals surface area (Å²) in [7, 11) is 0. The fourth-order valence-corrected chi connectivity index (χ4v) is 3.70. The molecule has 2 heterocycles. The molecule has 5 nitrogen and oxygen atoms in total. The van der Waals surface area contributed by atoms with Crippen molar-refractivity contribution in [2.24, 2.45) is 5.92 Å². The number of pyridine rings is 1. The zero-order valence-corrected chi connectivity index (χ0v) is 13.7. The van der Waals surface area contributed by atoms with Gasteiger partial charge in [0, 0.05) is 37.9 Å². The summed E-state index contributed by atoms with van der Waals surface area (Å²) < 4.78 is 0. The molecule has 3 rings (SSSR count). The Balaban J connectivity index is 1.62. The first kappa shape index (κ1) is 16.2. The molecule has 0 radical (unpaired) electrons. The molecule has 2 atom stereocenters. The van der Waals surface area contributed by atoms with Crippen molar-refractivity contribution >= 4 is 11.7 Å². The molecule has 1 aliphatic carbocycles. The second kappa shape index (κ2) is 7.77. The van der Waals surface area contributed by atoms with Crippen molar-refractivity contribution in [2.45, 2.75) is 51.0 Å². The lowest BCUT2D eigenvalue weighted by Gasteiger charge is -2.24. The fourth-order valence-electron chi connectivity index (χ4n) is 3.70. The van der Waals surface area contributed by atoms with Crippen LogP contribution in [0.4, 0.5) is 5.82 Å². The van der Waals surface area contributed by atoms with Crippen LogP contribution in [0.15, 0.2) is 18.3 Å². The molecule has 2 fully saturated rings. The zero-order chi connectivity index (χ0) is 16.1. The molecular formula is C18H27N3O2. The summed E-state index contributed by atoms with van der Waals surface area (Å²) in [5, 5.41) is 12.7. The van der Waals surface area contributed by atoms with Crippen LogP contribution in [0, 0.1) is 5.92 Å². The van der Waals surface area contributed by atoms with Crippen LogP contribution in [0.5, 0.6) is 0 Å². The van der Waals surface area contributed by atoms with Gasteiger partial charge >= 0.3 is 0 Å². The Hall–Kier alpha value is -1.62. The Morgan fingerprint density at radius 3 is 2.65 bits per heavy atom. The van der Waals surface area contributed by atoms with Crippen LogP contribution in [0.3, 0.4) is 0 Å². The topological polar surface area (TPSA) is 65.5 Å². The number of anilines is 1. The molecule has 0 bridgehead atoms. The number of nitrogens with one attached hydrogen (secondary N) is 1. The molecule has 2 unspecified atom stereocenters. The number of rotatable bonds is 4. The maximum atomic E-state index is 12.5. The molecule has 2 N–H and O–H groups in total. The van der Waals surface area contributed by atoms with Gasteiger partial charge in [-0.15, -0.1) is 0 Å². The first-order valence-corrected chi connectivity index (χ1v) is 8.90. The fraction of sp³-hybridized carbons (Fsp3) is 0.667. The van der Waals surface area contributed by atoms with Gasteiger partial charge in [-0.3, -0.25) is 4.79 Å². The lowest BCUT2D eigenvalue weighted by atomic mass is 9.95. The quantitative estimate of drug-likeness (QED) is 0.837.